The van der Waals surface area contributed by atoms with E-state index in [9.17, 15) is 4.79 Å². The summed E-state index contributed by atoms with van der Waals surface area (Å²) in [6.45, 7) is 7.01. The SMILES string of the molecule is CCCCN(C(=O)CCC)c1ccnc(CCC)n1. The zero-order chi connectivity index (χ0) is 14.1. The van der Waals surface area contributed by atoms with Crippen LogP contribution in [0.1, 0.15) is 58.7 Å². The summed E-state index contributed by atoms with van der Waals surface area (Å²) in [6, 6.07) is 1.84. The van der Waals surface area contributed by atoms with Gasteiger partial charge in [0.05, 0.1) is 0 Å². The number of unbranched alkanes of at least 4 members (excludes halogenated alkanes) is 1. The van der Waals surface area contributed by atoms with Crippen molar-refractivity contribution in [1.29, 1.82) is 0 Å². The first-order chi connectivity index (χ1) is 9.22. The van der Waals surface area contributed by atoms with Gasteiger partial charge in [-0.2, -0.15) is 0 Å². The van der Waals surface area contributed by atoms with Gasteiger partial charge in [0.2, 0.25) is 5.91 Å². The highest BCUT2D eigenvalue weighted by Gasteiger charge is 2.16. The molecule has 0 atom stereocenters. The Hall–Kier alpha value is -1.45. The third-order valence-corrected chi connectivity index (χ3v) is 2.94. The van der Waals surface area contributed by atoms with Gasteiger partial charge in [-0.05, 0) is 25.3 Å². The molecule has 0 aromatic carbocycles. The molecule has 0 spiro atoms. The Labute approximate surface area is 116 Å². The highest BCUT2D eigenvalue weighted by Crippen LogP contribution is 2.14. The first-order valence-corrected chi connectivity index (χ1v) is 7.35. The predicted molar refractivity (Wildman–Crippen MR) is 78.2 cm³/mol. The number of rotatable bonds is 8. The topological polar surface area (TPSA) is 46.1 Å². The Morgan fingerprint density at radius 2 is 2.00 bits per heavy atom. The van der Waals surface area contributed by atoms with E-state index >= 15 is 0 Å². The van der Waals surface area contributed by atoms with E-state index in [-0.39, 0.29) is 5.91 Å². The third-order valence-electron chi connectivity index (χ3n) is 2.94. The van der Waals surface area contributed by atoms with Gasteiger partial charge in [-0.3, -0.25) is 9.69 Å². The van der Waals surface area contributed by atoms with E-state index in [0.717, 1.165) is 50.3 Å². The Bertz CT molecular complexity index is 393. The van der Waals surface area contributed by atoms with E-state index in [1.54, 1.807) is 6.20 Å². The number of aromatic nitrogens is 2. The molecule has 0 unspecified atom stereocenters. The summed E-state index contributed by atoms with van der Waals surface area (Å²) in [4.78, 5) is 22.8. The molecule has 1 rings (SSSR count). The van der Waals surface area contributed by atoms with Crippen LogP contribution < -0.4 is 4.90 Å². The first kappa shape index (κ1) is 15.6. The summed E-state index contributed by atoms with van der Waals surface area (Å²) < 4.78 is 0. The van der Waals surface area contributed by atoms with Crippen molar-refractivity contribution in [3.8, 4) is 0 Å². The minimum absolute atomic E-state index is 0.164. The summed E-state index contributed by atoms with van der Waals surface area (Å²) in [5.74, 6) is 1.74. The van der Waals surface area contributed by atoms with Crippen LogP contribution in [-0.2, 0) is 11.2 Å². The van der Waals surface area contributed by atoms with Gasteiger partial charge in [0.25, 0.3) is 0 Å². The van der Waals surface area contributed by atoms with Crippen molar-refractivity contribution in [2.75, 3.05) is 11.4 Å². The smallest absolute Gasteiger partial charge is 0.228 e. The van der Waals surface area contributed by atoms with E-state index in [1.165, 1.54) is 0 Å². The lowest BCUT2D eigenvalue weighted by atomic mass is 10.2. The molecular formula is C15H25N3O. The lowest BCUT2D eigenvalue weighted by Crippen LogP contribution is -2.32. The van der Waals surface area contributed by atoms with Crippen molar-refractivity contribution in [2.24, 2.45) is 0 Å². The van der Waals surface area contributed by atoms with E-state index in [2.05, 4.69) is 23.8 Å². The van der Waals surface area contributed by atoms with Crippen LogP contribution in [0.25, 0.3) is 0 Å². The van der Waals surface area contributed by atoms with Gasteiger partial charge in [0.1, 0.15) is 11.6 Å². The predicted octanol–water partition coefficient (Wildman–Crippen LogP) is 3.36. The number of nitrogens with zero attached hydrogens (tertiary/aromatic N) is 3. The molecule has 0 saturated carbocycles. The second-order valence-corrected chi connectivity index (χ2v) is 4.73. The first-order valence-electron chi connectivity index (χ1n) is 7.35. The molecule has 0 aliphatic rings. The molecule has 1 aromatic rings. The largest absolute Gasteiger partial charge is 0.297 e. The molecule has 19 heavy (non-hydrogen) atoms. The summed E-state index contributed by atoms with van der Waals surface area (Å²) in [5.41, 5.74) is 0. The number of carbonyl (C=O) groups is 1. The van der Waals surface area contributed by atoms with E-state index in [4.69, 9.17) is 0 Å². The van der Waals surface area contributed by atoms with E-state index < -0.39 is 0 Å². The molecule has 1 heterocycles. The highest BCUT2D eigenvalue weighted by atomic mass is 16.2. The normalized spacial score (nSPS) is 10.5. The average molecular weight is 263 g/mol. The number of anilines is 1. The van der Waals surface area contributed by atoms with Gasteiger partial charge in [-0.25, -0.2) is 9.97 Å². The molecule has 0 saturated heterocycles. The number of hydrogen-bond donors (Lipinski definition) is 0. The lowest BCUT2D eigenvalue weighted by Gasteiger charge is -2.21. The maximum Gasteiger partial charge on any atom is 0.228 e. The van der Waals surface area contributed by atoms with Crippen molar-refractivity contribution in [3.05, 3.63) is 18.1 Å². The zero-order valence-electron chi connectivity index (χ0n) is 12.4. The molecule has 0 aliphatic heterocycles. The number of carbonyl (C=O) groups excluding carboxylic acids is 1. The van der Waals surface area contributed by atoms with Gasteiger partial charge in [0.15, 0.2) is 0 Å². The zero-order valence-corrected chi connectivity index (χ0v) is 12.4. The van der Waals surface area contributed by atoms with Crippen LogP contribution in [0.5, 0.6) is 0 Å². The fourth-order valence-corrected chi connectivity index (χ4v) is 1.91. The summed E-state index contributed by atoms with van der Waals surface area (Å²) in [5, 5.41) is 0. The molecule has 4 heteroatoms. The Morgan fingerprint density at radius 3 is 2.63 bits per heavy atom. The van der Waals surface area contributed by atoms with Crippen LogP contribution in [0.4, 0.5) is 5.82 Å². The highest BCUT2D eigenvalue weighted by molar-refractivity contribution is 5.92. The van der Waals surface area contributed by atoms with E-state index in [1.807, 2.05) is 17.9 Å². The summed E-state index contributed by atoms with van der Waals surface area (Å²) in [6.07, 6.45) is 7.15. The molecule has 1 amide bonds. The molecule has 0 radical (unpaired) electrons. The number of aryl methyl sites for hydroxylation is 1. The molecular weight excluding hydrogens is 238 g/mol. The van der Waals surface area contributed by atoms with Crippen molar-refractivity contribution in [3.63, 3.8) is 0 Å². The van der Waals surface area contributed by atoms with Gasteiger partial charge < -0.3 is 0 Å². The van der Waals surface area contributed by atoms with Crippen LogP contribution in [0.3, 0.4) is 0 Å². The van der Waals surface area contributed by atoms with Crippen LogP contribution in [-0.4, -0.2) is 22.4 Å². The molecule has 106 valence electrons. The minimum Gasteiger partial charge on any atom is -0.297 e. The Kier molecular flexibility index (Phi) is 7.08. The second kappa shape index (κ2) is 8.62. The van der Waals surface area contributed by atoms with Gasteiger partial charge >= 0.3 is 0 Å². The Morgan fingerprint density at radius 1 is 1.21 bits per heavy atom. The standard InChI is InChI=1S/C15H25N3O/c1-4-7-12-18(15(19)9-6-3)14-10-11-16-13(17-14)8-5-2/h10-11H,4-9,12H2,1-3H3. The number of hydrogen-bond acceptors (Lipinski definition) is 3. The molecule has 0 N–H and O–H groups in total. The maximum absolute atomic E-state index is 12.2. The third kappa shape index (κ3) is 4.97. The van der Waals surface area contributed by atoms with Gasteiger partial charge in [-0.1, -0.05) is 27.2 Å². The molecule has 0 bridgehead atoms. The summed E-state index contributed by atoms with van der Waals surface area (Å²) in [7, 11) is 0. The maximum atomic E-state index is 12.2. The van der Waals surface area contributed by atoms with E-state index in [0.29, 0.717) is 6.42 Å². The lowest BCUT2D eigenvalue weighted by molar-refractivity contribution is -0.118. The second-order valence-electron chi connectivity index (χ2n) is 4.73. The molecule has 0 fully saturated rings. The molecule has 0 aliphatic carbocycles. The van der Waals surface area contributed by atoms with Crippen molar-refractivity contribution < 1.29 is 4.79 Å². The van der Waals surface area contributed by atoms with Crippen LogP contribution in [0.2, 0.25) is 0 Å². The van der Waals surface area contributed by atoms with Crippen molar-refractivity contribution in [1.82, 2.24) is 9.97 Å². The van der Waals surface area contributed by atoms with Gasteiger partial charge in [0, 0.05) is 25.6 Å². The van der Waals surface area contributed by atoms with Crippen LogP contribution in [0.15, 0.2) is 12.3 Å². The fraction of sp³-hybridized carbons (Fsp3) is 0.667. The monoisotopic (exact) mass is 263 g/mol. The fourth-order valence-electron chi connectivity index (χ4n) is 1.91. The Balaban J connectivity index is 2.88. The number of amides is 1. The average Bonchev–Trinajstić information content (AvgIpc) is 2.40. The van der Waals surface area contributed by atoms with Gasteiger partial charge in [-0.15, -0.1) is 0 Å². The summed E-state index contributed by atoms with van der Waals surface area (Å²) >= 11 is 0. The van der Waals surface area contributed by atoms with Crippen LogP contribution in [0, 0.1) is 0 Å². The minimum atomic E-state index is 0.164. The van der Waals surface area contributed by atoms with Crippen molar-refractivity contribution in [2.45, 2.75) is 59.3 Å². The van der Waals surface area contributed by atoms with Crippen molar-refractivity contribution >= 4 is 11.7 Å². The van der Waals surface area contributed by atoms with Crippen LogP contribution >= 0.6 is 0 Å². The molecule has 1 aromatic heterocycles. The molecule has 4 nitrogen and oxygen atoms in total. The quantitative estimate of drug-likeness (QED) is 0.722.